The number of anilines is 1. The second-order valence-electron chi connectivity index (χ2n) is 5.58. The Bertz CT molecular complexity index is 442. The van der Waals surface area contributed by atoms with Crippen molar-refractivity contribution in [1.29, 1.82) is 0 Å². The minimum Gasteiger partial charge on any atom is -0.326 e. The number of hydrogen-bond acceptors (Lipinski definition) is 2. The van der Waals surface area contributed by atoms with Crippen molar-refractivity contribution in [2.24, 2.45) is 5.92 Å². The highest BCUT2D eigenvalue weighted by atomic mass is 35.5. The number of piperidine rings is 1. The van der Waals surface area contributed by atoms with Gasteiger partial charge in [0.25, 0.3) is 0 Å². The third kappa shape index (κ3) is 5.14. The lowest BCUT2D eigenvalue weighted by Crippen LogP contribution is -2.28. The molecule has 1 amide bonds. The van der Waals surface area contributed by atoms with Crippen LogP contribution in [0.3, 0.4) is 0 Å². The first kappa shape index (κ1) is 17.0. The summed E-state index contributed by atoms with van der Waals surface area (Å²) in [6.07, 6.45) is 4.06. The zero-order valence-corrected chi connectivity index (χ0v) is 13.2. The Morgan fingerprint density at radius 2 is 1.95 bits per heavy atom. The fourth-order valence-electron chi connectivity index (χ4n) is 2.55. The van der Waals surface area contributed by atoms with Crippen LogP contribution in [0, 0.1) is 19.8 Å². The molecule has 0 aromatic heterocycles. The summed E-state index contributed by atoms with van der Waals surface area (Å²) in [6, 6.07) is 6.07. The number of nitrogens with one attached hydrogen (secondary N) is 2. The van der Waals surface area contributed by atoms with E-state index in [0.717, 1.165) is 25.2 Å². The van der Waals surface area contributed by atoms with E-state index in [0.29, 0.717) is 12.3 Å². The van der Waals surface area contributed by atoms with Gasteiger partial charge < -0.3 is 10.6 Å². The number of benzene rings is 1. The van der Waals surface area contributed by atoms with Crippen LogP contribution in [0.25, 0.3) is 0 Å². The highest BCUT2D eigenvalue weighted by Crippen LogP contribution is 2.19. The molecule has 0 radical (unpaired) electrons. The summed E-state index contributed by atoms with van der Waals surface area (Å²) < 4.78 is 0. The molecule has 3 nitrogen and oxygen atoms in total. The highest BCUT2D eigenvalue weighted by molar-refractivity contribution is 5.90. The van der Waals surface area contributed by atoms with Crippen molar-refractivity contribution in [3.05, 3.63) is 29.3 Å². The van der Waals surface area contributed by atoms with Crippen LogP contribution < -0.4 is 10.6 Å². The second-order valence-corrected chi connectivity index (χ2v) is 5.58. The highest BCUT2D eigenvalue weighted by Gasteiger charge is 2.14. The van der Waals surface area contributed by atoms with E-state index >= 15 is 0 Å². The van der Waals surface area contributed by atoms with E-state index in [1.54, 1.807) is 0 Å². The van der Waals surface area contributed by atoms with Gasteiger partial charge in [0, 0.05) is 12.1 Å². The molecule has 0 saturated carbocycles. The zero-order valence-electron chi connectivity index (χ0n) is 12.4. The van der Waals surface area contributed by atoms with Crippen molar-refractivity contribution in [2.45, 2.75) is 39.5 Å². The van der Waals surface area contributed by atoms with Crippen molar-refractivity contribution in [3.63, 3.8) is 0 Å². The van der Waals surface area contributed by atoms with Gasteiger partial charge in [0.1, 0.15) is 0 Å². The molecule has 0 aliphatic carbocycles. The molecule has 2 rings (SSSR count). The third-order valence-electron chi connectivity index (χ3n) is 4.03. The van der Waals surface area contributed by atoms with Crippen LogP contribution in [0.4, 0.5) is 5.69 Å². The molecule has 20 heavy (non-hydrogen) atoms. The third-order valence-corrected chi connectivity index (χ3v) is 4.03. The molecule has 2 N–H and O–H groups in total. The fourth-order valence-corrected chi connectivity index (χ4v) is 2.55. The summed E-state index contributed by atoms with van der Waals surface area (Å²) in [6.45, 7) is 6.35. The van der Waals surface area contributed by atoms with Gasteiger partial charge in [0.2, 0.25) is 5.91 Å². The van der Waals surface area contributed by atoms with Crippen LogP contribution in [-0.2, 0) is 4.79 Å². The van der Waals surface area contributed by atoms with E-state index in [-0.39, 0.29) is 18.3 Å². The van der Waals surface area contributed by atoms with Crippen LogP contribution in [0.5, 0.6) is 0 Å². The Morgan fingerprint density at radius 1 is 1.25 bits per heavy atom. The summed E-state index contributed by atoms with van der Waals surface area (Å²) in [7, 11) is 0. The Balaban J connectivity index is 0.00000200. The Labute approximate surface area is 127 Å². The van der Waals surface area contributed by atoms with Crippen molar-refractivity contribution < 1.29 is 4.79 Å². The Hall–Kier alpha value is -1.06. The van der Waals surface area contributed by atoms with Gasteiger partial charge in [-0.3, -0.25) is 4.79 Å². The molecular weight excluding hydrogens is 272 g/mol. The van der Waals surface area contributed by atoms with Gasteiger partial charge in [-0.2, -0.15) is 0 Å². The van der Waals surface area contributed by atoms with E-state index in [2.05, 4.69) is 30.5 Å². The molecule has 1 aromatic carbocycles. The predicted octanol–water partition coefficient (Wildman–Crippen LogP) is 3.44. The lowest BCUT2D eigenvalue weighted by atomic mass is 9.93. The van der Waals surface area contributed by atoms with Crippen molar-refractivity contribution in [3.8, 4) is 0 Å². The van der Waals surface area contributed by atoms with Gasteiger partial charge >= 0.3 is 0 Å². The Morgan fingerprint density at radius 3 is 2.60 bits per heavy atom. The van der Waals surface area contributed by atoms with Crippen LogP contribution >= 0.6 is 12.4 Å². The molecule has 1 heterocycles. The van der Waals surface area contributed by atoms with Gasteiger partial charge in [0.15, 0.2) is 0 Å². The van der Waals surface area contributed by atoms with Crippen LogP contribution in [0.15, 0.2) is 18.2 Å². The molecule has 1 aliphatic heterocycles. The standard InChI is InChI=1S/C16H24N2O.ClH/c1-12-3-5-15(11-13(12)2)18-16(19)6-4-14-7-9-17-10-8-14;/h3,5,11,14,17H,4,6-10H2,1-2H3,(H,18,19);1H. The summed E-state index contributed by atoms with van der Waals surface area (Å²) in [5.74, 6) is 0.855. The van der Waals surface area contributed by atoms with E-state index in [9.17, 15) is 4.79 Å². The number of carbonyl (C=O) groups excluding carboxylic acids is 1. The quantitative estimate of drug-likeness (QED) is 0.893. The number of aryl methyl sites for hydroxylation is 2. The molecule has 112 valence electrons. The Kier molecular flexibility index (Phi) is 7.03. The average molecular weight is 297 g/mol. The van der Waals surface area contributed by atoms with Crippen molar-refractivity contribution in [2.75, 3.05) is 18.4 Å². The van der Waals surface area contributed by atoms with Gasteiger partial charge in [-0.05, 0) is 75.4 Å². The molecule has 1 saturated heterocycles. The first-order valence-corrected chi connectivity index (χ1v) is 7.23. The van der Waals surface area contributed by atoms with Crippen molar-refractivity contribution >= 4 is 24.0 Å². The fraction of sp³-hybridized carbons (Fsp3) is 0.562. The molecule has 1 aromatic rings. The van der Waals surface area contributed by atoms with Gasteiger partial charge in [-0.15, -0.1) is 12.4 Å². The van der Waals surface area contributed by atoms with E-state index in [4.69, 9.17) is 0 Å². The molecule has 1 aliphatic rings. The average Bonchev–Trinajstić information content (AvgIpc) is 2.42. The molecular formula is C16H25ClN2O. The molecule has 0 spiro atoms. The van der Waals surface area contributed by atoms with E-state index < -0.39 is 0 Å². The smallest absolute Gasteiger partial charge is 0.224 e. The molecule has 0 bridgehead atoms. The lowest BCUT2D eigenvalue weighted by Gasteiger charge is -2.22. The maximum atomic E-state index is 11.9. The monoisotopic (exact) mass is 296 g/mol. The molecule has 0 unspecified atom stereocenters. The minimum absolute atomic E-state index is 0. The zero-order chi connectivity index (χ0) is 13.7. The second kappa shape index (κ2) is 8.28. The minimum atomic E-state index is 0. The van der Waals surface area contributed by atoms with Gasteiger partial charge in [-0.25, -0.2) is 0 Å². The molecule has 1 fully saturated rings. The molecule has 0 atom stereocenters. The van der Waals surface area contributed by atoms with Crippen LogP contribution in [-0.4, -0.2) is 19.0 Å². The van der Waals surface area contributed by atoms with Crippen LogP contribution in [0.2, 0.25) is 0 Å². The van der Waals surface area contributed by atoms with E-state index in [1.807, 2.05) is 12.1 Å². The first-order valence-electron chi connectivity index (χ1n) is 7.23. The summed E-state index contributed by atoms with van der Waals surface area (Å²) in [4.78, 5) is 11.9. The number of hydrogen-bond donors (Lipinski definition) is 2. The summed E-state index contributed by atoms with van der Waals surface area (Å²) in [5.41, 5.74) is 3.39. The number of carbonyl (C=O) groups is 1. The number of amides is 1. The lowest BCUT2D eigenvalue weighted by molar-refractivity contribution is -0.116. The number of halogens is 1. The largest absolute Gasteiger partial charge is 0.326 e. The SMILES string of the molecule is Cc1ccc(NC(=O)CCC2CCNCC2)cc1C.Cl. The summed E-state index contributed by atoms with van der Waals surface area (Å²) in [5, 5.41) is 6.35. The normalized spacial score (nSPS) is 15.5. The number of rotatable bonds is 4. The predicted molar refractivity (Wildman–Crippen MR) is 86.6 cm³/mol. The van der Waals surface area contributed by atoms with Crippen molar-refractivity contribution in [1.82, 2.24) is 5.32 Å². The summed E-state index contributed by atoms with van der Waals surface area (Å²) >= 11 is 0. The van der Waals surface area contributed by atoms with Crippen LogP contribution in [0.1, 0.15) is 36.8 Å². The van der Waals surface area contributed by atoms with E-state index in [1.165, 1.54) is 24.0 Å². The maximum Gasteiger partial charge on any atom is 0.224 e. The first-order chi connectivity index (χ1) is 9.15. The topological polar surface area (TPSA) is 41.1 Å². The molecule has 4 heteroatoms. The van der Waals surface area contributed by atoms with Gasteiger partial charge in [0.05, 0.1) is 0 Å². The maximum absolute atomic E-state index is 11.9. The van der Waals surface area contributed by atoms with Gasteiger partial charge in [-0.1, -0.05) is 6.07 Å².